The predicted molar refractivity (Wildman–Crippen MR) is 86.6 cm³/mol. The van der Waals surface area contributed by atoms with E-state index in [1.165, 1.54) is 11.1 Å². The molecule has 0 bridgehead atoms. The van der Waals surface area contributed by atoms with Gasteiger partial charge in [-0.3, -0.25) is 4.79 Å². The van der Waals surface area contributed by atoms with E-state index in [0.29, 0.717) is 18.6 Å². The zero-order chi connectivity index (χ0) is 15.9. The van der Waals surface area contributed by atoms with E-state index < -0.39 is 5.54 Å². The van der Waals surface area contributed by atoms with Gasteiger partial charge in [-0.1, -0.05) is 13.0 Å². The summed E-state index contributed by atoms with van der Waals surface area (Å²) in [5, 5.41) is 21.3. The molecule has 5 heteroatoms. The molecule has 1 rings (SSSR count). The number of aliphatic hydroxyl groups is 2. The maximum Gasteiger partial charge on any atom is 0.221 e. The maximum absolute atomic E-state index is 11.9. The van der Waals surface area contributed by atoms with Gasteiger partial charge < -0.3 is 15.5 Å². The van der Waals surface area contributed by atoms with E-state index >= 15 is 0 Å². The van der Waals surface area contributed by atoms with E-state index in [4.69, 9.17) is 0 Å². The van der Waals surface area contributed by atoms with Crippen LogP contribution in [-0.4, -0.2) is 40.6 Å². The van der Waals surface area contributed by atoms with E-state index in [1.54, 1.807) is 11.8 Å². The van der Waals surface area contributed by atoms with E-state index in [2.05, 4.69) is 37.4 Å². The maximum atomic E-state index is 11.9. The van der Waals surface area contributed by atoms with Crippen molar-refractivity contribution in [2.75, 3.05) is 19.0 Å². The van der Waals surface area contributed by atoms with Crippen LogP contribution in [-0.2, 0) is 4.79 Å². The van der Waals surface area contributed by atoms with Crippen molar-refractivity contribution in [3.8, 4) is 0 Å². The molecule has 0 saturated carbocycles. The van der Waals surface area contributed by atoms with Gasteiger partial charge in [0.1, 0.15) is 0 Å². The minimum Gasteiger partial charge on any atom is -0.394 e. The SMILES string of the molecule is CCC(CO)(CO)NC(=O)CCSc1ccc(C)c(C)c1. The number of aryl methyl sites for hydroxylation is 2. The Hall–Kier alpha value is -1.04. The van der Waals surface area contributed by atoms with Crippen molar-refractivity contribution in [1.82, 2.24) is 5.32 Å². The number of nitrogens with one attached hydrogen (secondary N) is 1. The highest BCUT2D eigenvalue weighted by molar-refractivity contribution is 7.99. The van der Waals surface area contributed by atoms with Gasteiger partial charge in [0.15, 0.2) is 0 Å². The Balaban J connectivity index is 2.44. The molecular weight excluding hydrogens is 286 g/mol. The van der Waals surface area contributed by atoms with Crippen LogP contribution in [0.1, 0.15) is 30.9 Å². The summed E-state index contributed by atoms with van der Waals surface area (Å²) in [5.41, 5.74) is 1.60. The lowest BCUT2D eigenvalue weighted by Crippen LogP contribution is -2.53. The van der Waals surface area contributed by atoms with Gasteiger partial charge in [0, 0.05) is 17.1 Å². The van der Waals surface area contributed by atoms with Crippen LogP contribution >= 0.6 is 11.8 Å². The minimum atomic E-state index is -0.901. The Morgan fingerprint density at radius 2 is 1.90 bits per heavy atom. The van der Waals surface area contributed by atoms with Crippen LogP contribution in [0.15, 0.2) is 23.1 Å². The molecule has 0 unspecified atom stereocenters. The normalized spacial score (nSPS) is 11.5. The van der Waals surface area contributed by atoms with Crippen LogP contribution in [0.2, 0.25) is 0 Å². The van der Waals surface area contributed by atoms with Crippen molar-refractivity contribution in [3.05, 3.63) is 29.3 Å². The molecule has 0 radical (unpaired) electrons. The van der Waals surface area contributed by atoms with E-state index in [1.807, 2.05) is 6.92 Å². The van der Waals surface area contributed by atoms with Crippen LogP contribution in [0, 0.1) is 13.8 Å². The van der Waals surface area contributed by atoms with Crippen LogP contribution in [0.25, 0.3) is 0 Å². The lowest BCUT2D eigenvalue weighted by molar-refractivity contribution is -0.124. The molecule has 1 aromatic carbocycles. The van der Waals surface area contributed by atoms with Gasteiger partial charge in [-0.2, -0.15) is 0 Å². The monoisotopic (exact) mass is 311 g/mol. The largest absolute Gasteiger partial charge is 0.394 e. The quantitative estimate of drug-likeness (QED) is 0.643. The fraction of sp³-hybridized carbons (Fsp3) is 0.562. The number of carbonyl (C=O) groups is 1. The highest BCUT2D eigenvalue weighted by Crippen LogP contribution is 2.21. The van der Waals surface area contributed by atoms with Crippen LogP contribution < -0.4 is 5.32 Å². The Kier molecular flexibility index (Phi) is 7.22. The Morgan fingerprint density at radius 1 is 1.24 bits per heavy atom. The summed E-state index contributed by atoms with van der Waals surface area (Å²) in [5.74, 6) is 0.529. The molecule has 21 heavy (non-hydrogen) atoms. The first kappa shape index (κ1) is 18.0. The summed E-state index contributed by atoms with van der Waals surface area (Å²) in [7, 11) is 0. The summed E-state index contributed by atoms with van der Waals surface area (Å²) < 4.78 is 0. The van der Waals surface area contributed by atoms with Crippen molar-refractivity contribution in [1.29, 1.82) is 0 Å². The average molecular weight is 311 g/mol. The molecule has 0 atom stereocenters. The Labute approximate surface area is 131 Å². The number of carbonyl (C=O) groups excluding carboxylic acids is 1. The molecule has 0 aliphatic heterocycles. The number of aliphatic hydroxyl groups excluding tert-OH is 2. The van der Waals surface area contributed by atoms with Gasteiger partial charge in [-0.05, 0) is 43.5 Å². The standard InChI is InChI=1S/C16H25NO3S/c1-4-16(10-18,11-19)17-15(20)7-8-21-14-6-5-12(2)13(3)9-14/h5-6,9,18-19H,4,7-8,10-11H2,1-3H3,(H,17,20). The summed E-state index contributed by atoms with van der Waals surface area (Å²) in [6.45, 7) is 5.47. The van der Waals surface area contributed by atoms with Crippen molar-refractivity contribution in [2.45, 2.75) is 44.0 Å². The van der Waals surface area contributed by atoms with Crippen LogP contribution in [0.4, 0.5) is 0 Å². The van der Waals surface area contributed by atoms with Gasteiger partial charge in [-0.15, -0.1) is 11.8 Å². The molecule has 0 spiro atoms. The zero-order valence-corrected chi connectivity index (χ0v) is 13.8. The van der Waals surface area contributed by atoms with Gasteiger partial charge in [0.2, 0.25) is 5.91 Å². The molecular formula is C16H25NO3S. The smallest absolute Gasteiger partial charge is 0.221 e. The average Bonchev–Trinajstić information content (AvgIpc) is 2.48. The van der Waals surface area contributed by atoms with Crippen molar-refractivity contribution in [2.24, 2.45) is 0 Å². The second kappa shape index (κ2) is 8.41. The molecule has 0 aromatic heterocycles. The van der Waals surface area contributed by atoms with E-state index in [0.717, 1.165) is 4.90 Å². The second-order valence-corrected chi connectivity index (χ2v) is 6.51. The van der Waals surface area contributed by atoms with Crippen LogP contribution in [0.5, 0.6) is 0 Å². The summed E-state index contributed by atoms with van der Waals surface area (Å²) >= 11 is 1.63. The first-order chi connectivity index (χ1) is 9.96. The summed E-state index contributed by atoms with van der Waals surface area (Å²) in [6.07, 6.45) is 0.857. The first-order valence-corrected chi connectivity index (χ1v) is 8.17. The first-order valence-electron chi connectivity index (χ1n) is 7.19. The third-order valence-corrected chi connectivity index (χ3v) is 4.76. The van der Waals surface area contributed by atoms with Gasteiger partial charge in [-0.25, -0.2) is 0 Å². The number of benzene rings is 1. The number of amides is 1. The van der Waals surface area contributed by atoms with Crippen molar-refractivity contribution < 1.29 is 15.0 Å². The second-order valence-electron chi connectivity index (χ2n) is 5.34. The van der Waals surface area contributed by atoms with Gasteiger partial charge in [0.05, 0.1) is 18.8 Å². The third kappa shape index (κ3) is 5.34. The molecule has 0 heterocycles. The highest BCUT2D eigenvalue weighted by atomic mass is 32.2. The molecule has 1 amide bonds. The van der Waals surface area contributed by atoms with Crippen LogP contribution in [0.3, 0.4) is 0 Å². The van der Waals surface area contributed by atoms with E-state index in [9.17, 15) is 15.0 Å². The Bertz CT molecular complexity index is 464. The molecule has 1 aromatic rings. The van der Waals surface area contributed by atoms with Gasteiger partial charge >= 0.3 is 0 Å². The fourth-order valence-corrected chi connectivity index (χ4v) is 2.81. The molecule has 0 aliphatic rings. The molecule has 4 nitrogen and oxygen atoms in total. The molecule has 0 aliphatic carbocycles. The number of rotatable bonds is 8. The fourth-order valence-electron chi connectivity index (χ4n) is 1.86. The Morgan fingerprint density at radius 3 is 2.43 bits per heavy atom. The summed E-state index contributed by atoms with van der Waals surface area (Å²) in [4.78, 5) is 13.0. The van der Waals surface area contributed by atoms with E-state index in [-0.39, 0.29) is 19.1 Å². The van der Waals surface area contributed by atoms with Crippen molar-refractivity contribution in [3.63, 3.8) is 0 Å². The minimum absolute atomic E-state index is 0.142. The predicted octanol–water partition coefficient (Wildman–Crippen LogP) is 2.04. The third-order valence-electron chi connectivity index (χ3n) is 3.76. The molecule has 3 N–H and O–H groups in total. The number of hydrogen-bond donors (Lipinski definition) is 3. The van der Waals surface area contributed by atoms with Gasteiger partial charge in [0.25, 0.3) is 0 Å². The van der Waals surface area contributed by atoms with Crippen molar-refractivity contribution >= 4 is 17.7 Å². The molecule has 0 saturated heterocycles. The zero-order valence-electron chi connectivity index (χ0n) is 13.0. The number of hydrogen-bond acceptors (Lipinski definition) is 4. The summed E-state index contributed by atoms with van der Waals surface area (Å²) in [6, 6.07) is 6.26. The lowest BCUT2D eigenvalue weighted by atomic mass is 9.98. The molecule has 0 fully saturated rings. The topological polar surface area (TPSA) is 69.6 Å². The lowest BCUT2D eigenvalue weighted by Gasteiger charge is -2.29. The number of thioether (sulfide) groups is 1. The highest BCUT2D eigenvalue weighted by Gasteiger charge is 2.28. The molecule has 118 valence electrons.